The summed E-state index contributed by atoms with van der Waals surface area (Å²) in [6, 6.07) is 11.3. The molecule has 0 aliphatic carbocycles. The smallest absolute Gasteiger partial charge is 0.150 e. The molecule has 0 saturated carbocycles. The lowest BCUT2D eigenvalue weighted by molar-refractivity contribution is 0.0543. The van der Waals surface area contributed by atoms with E-state index in [1.165, 1.54) is 12.3 Å². The minimum Gasteiger partial charge on any atom is -0.381 e. The summed E-state index contributed by atoms with van der Waals surface area (Å²) in [6.45, 7) is 4.53. The zero-order valence-electron chi connectivity index (χ0n) is 25.3. The van der Waals surface area contributed by atoms with Crippen molar-refractivity contribution >= 4 is 37.5 Å². The van der Waals surface area contributed by atoms with Gasteiger partial charge >= 0.3 is 0 Å². The minimum atomic E-state index is -3.08. The SMILES string of the molecule is Cc1ncn(C)c1-c1cnc2c3ccc(N4CCC(S(C)(=O)=O)CC4)cc3n(C(c3ncccc3F)C3CCOCC3)c2c1. The number of nitrogens with zero attached hydrogens (tertiary/aromatic N) is 6. The van der Waals surface area contributed by atoms with E-state index in [-0.39, 0.29) is 23.0 Å². The van der Waals surface area contributed by atoms with Crippen LogP contribution in [-0.4, -0.2) is 70.3 Å². The van der Waals surface area contributed by atoms with Crippen LogP contribution in [0.25, 0.3) is 33.2 Å². The maximum absolute atomic E-state index is 15.7. The summed E-state index contributed by atoms with van der Waals surface area (Å²) >= 11 is 0. The van der Waals surface area contributed by atoms with Crippen molar-refractivity contribution in [1.82, 2.24) is 24.1 Å². The van der Waals surface area contributed by atoms with Crippen LogP contribution in [0.15, 0.2) is 55.1 Å². The summed E-state index contributed by atoms with van der Waals surface area (Å²) in [4.78, 5) is 16.4. The molecule has 5 aromatic rings. The van der Waals surface area contributed by atoms with Gasteiger partial charge in [-0.05, 0) is 74.9 Å². The number of hydrogen-bond acceptors (Lipinski definition) is 7. The van der Waals surface area contributed by atoms with Gasteiger partial charge in [0.25, 0.3) is 0 Å². The zero-order valence-corrected chi connectivity index (χ0v) is 26.1. The molecule has 0 amide bonds. The van der Waals surface area contributed by atoms with Gasteiger partial charge in [0.05, 0.1) is 51.3 Å². The highest BCUT2D eigenvalue weighted by Crippen LogP contribution is 2.42. The van der Waals surface area contributed by atoms with E-state index in [2.05, 4.69) is 43.7 Å². The van der Waals surface area contributed by atoms with Crippen LogP contribution in [0.2, 0.25) is 0 Å². The summed E-state index contributed by atoms with van der Waals surface area (Å²) in [5.41, 5.74) is 6.98. The predicted molar refractivity (Wildman–Crippen MR) is 170 cm³/mol. The number of piperidine rings is 1. The molecule has 9 nitrogen and oxygen atoms in total. The van der Waals surface area contributed by atoms with Crippen molar-refractivity contribution in [3.63, 3.8) is 0 Å². The largest absolute Gasteiger partial charge is 0.381 e. The lowest BCUT2D eigenvalue weighted by Gasteiger charge is -2.34. The molecule has 44 heavy (non-hydrogen) atoms. The Morgan fingerprint density at radius 1 is 1.00 bits per heavy atom. The first kappa shape index (κ1) is 28.9. The molecular formula is C33H37FN6O3S. The lowest BCUT2D eigenvalue weighted by Crippen LogP contribution is -2.39. The Hall–Kier alpha value is -3.83. The molecule has 0 radical (unpaired) electrons. The first-order valence-corrected chi connectivity index (χ1v) is 17.2. The maximum atomic E-state index is 15.7. The highest BCUT2D eigenvalue weighted by Gasteiger charge is 2.34. The van der Waals surface area contributed by atoms with Gasteiger partial charge in [-0.3, -0.25) is 9.97 Å². The third-order valence-corrected chi connectivity index (χ3v) is 11.2. The summed E-state index contributed by atoms with van der Waals surface area (Å²) < 4.78 is 50.1. The highest BCUT2D eigenvalue weighted by atomic mass is 32.2. The van der Waals surface area contributed by atoms with Crippen molar-refractivity contribution in [1.29, 1.82) is 0 Å². The van der Waals surface area contributed by atoms with Crippen molar-refractivity contribution in [2.45, 2.75) is 43.9 Å². The molecule has 2 aliphatic heterocycles. The van der Waals surface area contributed by atoms with Gasteiger partial charge in [0, 0.05) is 68.6 Å². The minimum absolute atomic E-state index is 0.100. The number of benzene rings is 1. The third kappa shape index (κ3) is 5.05. The number of aromatic nitrogens is 5. The molecule has 230 valence electrons. The van der Waals surface area contributed by atoms with Crippen LogP contribution in [0.4, 0.5) is 10.1 Å². The summed E-state index contributed by atoms with van der Waals surface area (Å²) in [5, 5.41) is 0.675. The van der Waals surface area contributed by atoms with E-state index < -0.39 is 9.84 Å². The van der Waals surface area contributed by atoms with E-state index in [1.54, 1.807) is 18.6 Å². The van der Waals surface area contributed by atoms with Gasteiger partial charge in [-0.15, -0.1) is 0 Å². The van der Waals surface area contributed by atoms with Gasteiger partial charge in [-0.2, -0.15) is 0 Å². The molecule has 0 N–H and O–H groups in total. The molecule has 7 rings (SSSR count). The molecule has 2 aliphatic rings. The lowest BCUT2D eigenvalue weighted by atomic mass is 9.88. The zero-order chi connectivity index (χ0) is 30.6. The monoisotopic (exact) mass is 616 g/mol. The van der Waals surface area contributed by atoms with Gasteiger partial charge in [0.1, 0.15) is 15.7 Å². The molecule has 6 heterocycles. The normalized spacial score (nSPS) is 18.0. The second-order valence-corrected chi connectivity index (χ2v) is 14.6. The number of ether oxygens (including phenoxy) is 1. The molecule has 2 fully saturated rings. The maximum Gasteiger partial charge on any atom is 0.150 e. The van der Waals surface area contributed by atoms with Crippen LogP contribution in [0.5, 0.6) is 0 Å². The average molecular weight is 617 g/mol. The number of pyridine rings is 2. The third-order valence-electron chi connectivity index (χ3n) is 9.49. The molecule has 0 spiro atoms. The van der Waals surface area contributed by atoms with Crippen LogP contribution >= 0.6 is 0 Å². The Kier molecular flexibility index (Phi) is 7.40. The first-order chi connectivity index (χ1) is 21.2. The second kappa shape index (κ2) is 11.3. The van der Waals surface area contributed by atoms with Gasteiger partial charge in [0.2, 0.25) is 0 Å². The molecule has 4 aromatic heterocycles. The molecule has 1 atom stereocenters. The quantitative estimate of drug-likeness (QED) is 0.250. The average Bonchev–Trinajstić information content (AvgIpc) is 3.53. The Balaban J connectivity index is 1.45. The van der Waals surface area contributed by atoms with Crippen LogP contribution in [0.1, 0.15) is 43.1 Å². The number of halogens is 1. The standard InChI is InChI=1S/C33H37FN6O3S/c1-21-32(38(2)20-37-21)23-17-29-30(36-19-23)26-7-6-24(39-13-8-25(9-14-39)44(3,41)42)18-28(26)40(29)33(22-10-15-43-16-11-22)31-27(34)5-4-12-35-31/h4-7,12,17-20,22,25,33H,8-11,13-16H2,1-3H3. The van der Waals surface area contributed by atoms with Gasteiger partial charge in [-0.25, -0.2) is 17.8 Å². The molecule has 11 heteroatoms. The van der Waals surface area contributed by atoms with E-state index >= 15 is 4.39 Å². The van der Waals surface area contributed by atoms with E-state index in [0.29, 0.717) is 44.8 Å². The number of anilines is 1. The van der Waals surface area contributed by atoms with E-state index in [4.69, 9.17) is 9.72 Å². The van der Waals surface area contributed by atoms with Crippen LogP contribution in [0.3, 0.4) is 0 Å². The molecule has 1 aromatic carbocycles. The topological polar surface area (TPSA) is 95.1 Å². The van der Waals surface area contributed by atoms with Crippen molar-refractivity contribution in [3.05, 3.63) is 72.3 Å². The van der Waals surface area contributed by atoms with Crippen molar-refractivity contribution in [2.24, 2.45) is 13.0 Å². The molecular weight excluding hydrogens is 579 g/mol. The van der Waals surface area contributed by atoms with Crippen molar-refractivity contribution in [3.8, 4) is 11.3 Å². The van der Waals surface area contributed by atoms with E-state index in [1.807, 2.05) is 24.7 Å². The van der Waals surface area contributed by atoms with Crippen molar-refractivity contribution < 1.29 is 17.5 Å². The Labute approximate surface area is 256 Å². The van der Waals surface area contributed by atoms with Crippen molar-refractivity contribution in [2.75, 3.05) is 37.5 Å². The number of aryl methyl sites for hydroxylation is 2. The van der Waals surface area contributed by atoms with Crippen LogP contribution in [0, 0.1) is 18.7 Å². The summed E-state index contributed by atoms with van der Waals surface area (Å²) in [5.74, 6) is -0.229. The van der Waals surface area contributed by atoms with Crippen LogP contribution < -0.4 is 4.90 Å². The number of imidazole rings is 1. The second-order valence-electron chi connectivity index (χ2n) is 12.2. The summed E-state index contributed by atoms with van der Waals surface area (Å²) in [7, 11) is -1.10. The fraction of sp³-hybridized carbons (Fsp3) is 0.424. The Bertz CT molecular complexity index is 1940. The number of rotatable bonds is 6. The Morgan fingerprint density at radius 2 is 1.77 bits per heavy atom. The fourth-order valence-electron chi connectivity index (χ4n) is 7.22. The molecule has 2 saturated heterocycles. The van der Waals surface area contributed by atoms with E-state index in [9.17, 15) is 8.42 Å². The molecule has 0 bridgehead atoms. The Morgan fingerprint density at radius 3 is 2.45 bits per heavy atom. The van der Waals surface area contributed by atoms with Crippen LogP contribution in [-0.2, 0) is 21.6 Å². The number of sulfone groups is 1. The fourth-order valence-corrected chi connectivity index (χ4v) is 8.29. The van der Waals surface area contributed by atoms with Gasteiger partial charge in [0.15, 0.2) is 0 Å². The first-order valence-electron chi connectivity index (χ1n) is 15.2. The van der Waals surface area contributed by atoms with E-state index in [0.717, 1.165) is 57.4 Å². The molecule has 1 unspecified atom stereocenters. The highest BCUT2D eigenvalue weighted by molar-refractivity contribution is 7.91. The number of hydrogen-bond donors (Lipinski definition) is 0. The number of fused-ring (bicyclic) bond motifs is 3. The summed E-state index contributed by atoms with van der Waals surface area (Å²) in [6.07, 6.45) is 9.46. The van der Waals surface area contributed by atoms with Gasteiger partial charge < -0.3 is 18.8 Å². The predicted octanol–water partition coefficient (Wildman–Crippen LogP) is 5.46. The van der Waals surface area contributed by atoms with Gasteiger partial charge in [-0.1, -0.05) is 0 Å².